The zero-order valence-corrected chi connectivity index (χ0v) is 17.5. The van der Waals surface area contributed by atoms with Crippen LogP contribution in [0.15, 0.2) is 18.2 Å². The van der Waals surface area contributed by atoms with Gasteiger partial charge in [-0.25, -0.2) is 5.01 Å². The van der Waals surface area contributed by atoms with Crippen molar-refractivity contribution in [2.24, 2.45) is 11.3 Å². The molecule has 1 rings (SSSR count). The Hall–Kier alpha value is -1.80. The summed E-state index contributed by atoms with van der Waals surface area (Å²) in [5.41, 5.74) is 5.19. The summed E-state index contributed by atoms with van der Waals surface area (Å²) in [6, 6.07) is 5.62. The number of hydrazine groups is 1. The van der Waals surface area contributed by atoms with Crippen LogP contribution in [0.25, 0.3) is 4.98 Å². The van der Waals surface area contributed by atoms with Crippen LogP contribution < -0.4 is 10.2 Å². The normalized spacial score (nSPS) is 12.7. The van der Waals surface area contributed by atoms with Gasteiger partial charge in [-0.05, 0) is 43.1 Å². The van der Waals surface area contributed by atoms with E-state index in [2.05, 4.69) is 57.0 Å². The molecule has 0 spiro atoms. The quantitative estimate of drug-likeness (QED) is 0.363. The van der Waals surface area contributed by atoms with E-state index < -0.39 is 0 Å². The van der Waals surface area contributed by atoms with Gasteiger partial charge in [0.2, 0.25) is 11.1 Å². The minimum Gasteiger partial charge on any atom is -0.486 e. The van der Waals surface area contributed by atoms with Crippen LogP contribution in [0.3, 0.4) is 0 Å². The molecule has 1 aromatic carbocycles. The van der Waals surface area contributed by atoms with E-state index in [1.54, 1.807) is 6.07 Å². The molecule has 0 fully saturated rings. The lowest BCUT2D eigenvalue weighted by Crippen LogP contribution is -2.31. The maximum absolute atomic E-state index is 9.24. The molecule has 26 heavy (non-hydrogen) atoms. The third-order valence-corrected chi connectivity index (χ3v) is 4.17. The number of nitrogens with zero attached hydrogens (tertiary/aromatic N) is 3. The zero-order valence-electron chi connectivity index (χ0n) is 17.5. The molecule has 5 heteroatoms. The van der Waals surface area contributed by atoms with Crippen LogP contribution in [0.2, 0.25) is 0 Å². The van der Waals surface area contributed by atoms with Gasteiger partial charge in [0, 0.05) is 25.2 Å². The van der Waals surface area contributed by atoms with Gasteiger partial charge in [0.05, 0.1) is 12.3 Å². The molecule has 0 saturated heterocycles. The predicted octanol–water partition coefficient (Wildman–Crippen LogP) is 6.46. The van der Waals surface area contributed by atoms with Crippen molar-refractivity contribution in [3.05, 3.63) is 23.2 Å². The van der Waals surface area contributed by atoms with Crippen LogP contribution in [0.5, 0.6) is 5.75 Å². The highest BCUT2D eigenvalue weighted by molar-refractivity contribution is 5.63. The Bertz CT molecular complexity index is 568. The second-order valence-electron chi connectivity index (χ2n) is 8.39. The molecule has 146 valence electrons. The highest BCUT2D eigenvalue weighted by atomic mass is 16.5. The Morgan fingerprint density at radius 1 is 1.19 bits per heavy atom. The SMILES string of the molecule is CCCN(CCC)Nc1ccc([N+]#N)c(OCCC(C)CC(C)(C)C)c1. The second kappa shape index (κ2) is 11.0. The van der Waals surface area contributed by atoms with Crippen molar-refractivity contribution in [1.29, 1.82) is 5.39 Å². The highest BCUT2D eigenvalue weighted by Gasteiger charge is 2.18. The van der Waals surface area contributed by atoms with Crippen molar-refractivity contribution in [2.45, 2.75) is 67.2 Å². The van der Waals surface area contributed by atoms with Gasteiger partial charge in [-0.15, -0.1) is 0 Å². The molecule has 0 aliphatic carbocycles. The minimum absolute atomic E-state index is 0.330. The molecule has 0 aliphatic rings. The van der Waals surface area contributed by atoms with Crippen LogP contribution in [0.1, 0.15) is 67.2 Å². The molecule has 0 bridgehead atoms. The van der Waals surface area contributed by atoms with Crippen LogP contribution in [0.4, 0.5) is 11.4 Å². The first-order chi connectivity index (χ1) is 12.3. The van der Waals surface area contributed by atoms with Crippen molar-refractivity contribution < 1.29 is 4.74 Å². The maximum atomic E-state index is 9.24. The fourth-order valence-corrected chi connectivity index (χ4v) is 3.25. The lowest BCUT2D eigenvalue weighted by molar-refractivity contribution is 0.241. The van der Waals surface area contributed by atoms with E-state index in [9.17, 15) is 5.39 Å². The molecule has 1 aromatic rings. The Morgan fingerprint density at radius 3 is 2.38 bits per heavy atom. The third-order valence-electron chi connectivity index (χ3n) is 4.17. The van der Waals surface area contributed by atoms with Crippen molar-refractivity contribution in [3.63, 3.8) is 0 Å². The molecule has 1 atom stereocenters. The zero-order chi connectivity index (χ0) is 19.6. The number of diazo groups is 1. The molecule has 5 nitrogen and oxygen atoms in total. The van der Waals surface area contributed by atoms with Crippen molar-refractivity contribution in [1.82, 2.24) is 5.01 Å². The maximum Gasteiger partial charge on any atom is 0.426 e. The lowest BCUT2D eigenvalue weighted by Gasteiger charge is -2.23. The summed E-state index contributed by atoms with van der Waals surface area (Å²) in [6.45, 7) is 16.0. The highest BCUT2D eigenvalue weighted by Crippen LogP contribution is 2.32. The fourth-order valence-electron chi connectivity index (χ4n) is 3.25. The number of rotatable bonds is 11. The van der Waals surface area contributed by atoms with Gasteiger partial charge in [-0.1, -0.05) is 41.5 Å². The summed E-state index contributed by atoms with van der Waals surface area (Å²) in [5.74, 6) is 1.21. The fraction of sp³-hybridized carbons (Fsp3) is 0.714. The number of nitrogens with one attached hydrogen (secondary N) is 1. The molecule has 0 saturated carbocycles. The van der Waals surface area contributed by atoms with Gasteiger partial charge in [0.1, 0.15) is 0 Å². The van der Waals surface area contributed by atoms with Gasteiger partial charge in [0.25, 0.3) is 0 Å². The Kier molecular flexibility index (Phi) is 9.43. The number of anilines is 1. The molecule has 0 heterocycles. The van der Waals surface area contributed by atoms with Gasteiger partial charge < -0.3 is 10.2 Å². The molecule has 0 radical (unpaired) electrons. The molecule has 1 N–H and O–H groups in total. The third kappa shape index (κ3) is 8.53. The van der Waals surface area contributed by atoms with Gasteiger partial charge >= 0.3 is 5.69 Å². The molecule has 0 aromatic heterocycles. The first-order valence-corrected chi connectivity index (χ1v) is 9.92. The number of hydrogen-bond donors (Lipinski definition) is 1. The molecule has 0 aliphatic heterocycles. The summed E-state index contributed by atoms with van der Waals surface area (Å²) in [6.07, 6.45) is 4.33. The van der Waals surface area contributed by atoms with Crippen molar-refractivity contribution in [2.75, 3.05) is 25.1 Å². The summed E-state index contributed by atoms with van der Waals surface area (Å²) in [7, 11) is 0. The molecular formula is C21H37N4O+. The average molecular weight is 362 g/mol. The number of ether oxygens (including phenoxy) is 1. The summed E-state index contributed by atoms with van der Waals surface area (Å²) >= 11 is 0. The van der Waals surface area contributed by atoms with Gasteiger partial charge in [-0.2, -0.15) is 0 Å². The topological polar surface area (TPSA) is 52.7 Å². The minimum atomic E-state index is 0.330. The van der Waals surface area contributed by atoms with Crippen LogP contribution in [0, 0.1) is 16.7 Å². The van der Waals surface area contributed by atoms with Crippen molar-refractivity contribution >= 4 is 11.4 Å². The second-order valence-corrected chi connectivity index (χ2v) is 8.39. The number of hydrogen-bond acceptors (Lipinski definition) is 4. The van der Waals surface area contributed by atoms with E-state index >= 15 is 0 Å². The van der Waals surface area contributed by atoms with E-state index in [0.717, 1.165) is 44.5 Å². The largest absolute Gasteiger partial charge is 0.486 e. The standard InChI is InChI=1S/C21H37N4O/c1-7-12-25(13-8-2)24-18-9-10-19(23-22)20(15-18)26-14-11-17(3)16-21(4,5)6/h9-10,15,17,24H,7-8,11-14,16H2,1-6H3/q+1. The summed E-state index contributed by atoms with van der Waals surface area (Å²) in [4.78, 5) is 3.35. The Balaban J connectivity index is 2.70. The summed E-state index contributed by atoms with van der Waals surface area (Å²) in [5, 5.41) is 11.4. The average Bonchev–Trinajstić information content (AvgIpc) is 2.54. The monoisotopic (exact) mass is 361 g/mol. The van der Waals surface area contributed by atoms with E-state index in [0.29, 0.717) is 29.4 Å². The van der Waals surface area contributed by atoms with E-state index in [1.807, 2.05) is 12.1 Å². The molecular weight excluding hydrogens is 324 g/mol. The van der Waals surface area contributed by atoms with E-state index in [-0.39, 0.29) is 0 Å². The van der Waals surface area contributed by atoms with Gasteiger partial charge in [-0.3, -0.25) is 0 Å². The predicted molar refractivity (Wildman–Crippen MR) is 110 cm³/mol. The number of benzene rings is 1. The lowest BCUT2D eigenvalue weighted by atomic mass is 9.84. The smallest absolute Gasteiger partial charge is 0.426 e. The first-order valence-electron chi connectivity index (χ1n) is 9.92. The Morgan fingerprint density at radius 2 is 1.85 bits per heavy atom. The molecule has 1 unspecified atom stereocenters. The van der Waals surface area contributed by atoms with E-state index in [4.69, 9.17) is 4.74 Å². The van der Waals surface area contributed by atoms with Gasteiger partial charge in [0.15, 0.2) is 4.98 Å². The molecule has 0 amide bonds. The van der Waals surface area contributed by atoms with E-state index in [1.165, 1.54) is 0 Å². The first kappa shape index (κ1) is 22.2. The van der Waals surface area contributed by atoms with Crippen LogP contribution in [-0.4, -0.2) is 24.7 Å². The van der Waals surface area contributed by atoms with Crippen LogP contribution in [-0.2, 0) is 0 Å². The van der Waals surface area contributed by atoms with Crippen LogP contribution >= 0.6 is 0 Å². The summed E-state index contributed by atoms with van der Waals surface area (Å²) < 4.78 is 5.94. The van der Waals surface area contributed by atoms with Crippen molar-refractivity contribution in [3.8, 4) is 5.75 Å². The Labute approximate surface area is 159 Å².